The van der Waals surface area contributed by atoms with Crippen LogP contribution in [0.4, 0.5) is 5.00 Å². The molecule has 0 radical (unpaired) electrons. The molecule has 1 aromatic heterocycles. The number of hydrogen-bond acceptors (Lipinski definition) is 7. The Labute approximate surface area is 173 Å². The molecule has 0 saturated carbocycles. The number of benzene rings is 1. The zero-order valence-corrected chi connectivity index (χ0v) is 17.3. The van der Waals surface area contributed by atoms with Crippen LogP contribution in [0.3, 0.4) is 0 Å². The van der Waals surface area contributed by atoms with Crippen molar-refractivity contribution in [3.63, 3.8) is 0 Å². The molecule has 29 heavy (non-hydrogen) atoms. The Morgan fingerprint density at radius 2 is 2.03 bits per heavy atom. The summed E-state index contributed by atoms with van der Waals surface area (Å²) in [6, 6.07) is 7.56. The lowest BCUT2D eigenvalue weighted by molar-refractivity contribution is -0.120. The minimum atomic E-state index is -0.345. The molecule has 0 saturated heterocycles. The summed E-state index contributed by atoms with van der Waals surface area (Å²) in [5.41, 5.74) is 2.43. The van der Waals surface area contributed by atoms with E-state index < -0.39 is 0 Å². The third-order valence-corrected chi connectivity index (χ3v) is 5.87. The number of carbonyl (C=O) groups excluding carboxylic acids is 1. The molecule has 3 rings (SSSR count). The van der Waals surface area contributed by atoms with Gasteiger partial charge in [0.2, 0.25) is 0 Å². The van der Waals surface area contributed by atoms with Crippen molar-refractivity contribution >= 4 is 28.5 Å². The summed E-state index contributed by atoms with van der Waals surface area (Å²) in [4.78, 5) is 18.5. The number of carbonyl (C=O) groups is 1. The van der Waals surface area contributed by atoms with E-state index in [0.717, 1.165) is 36.8 Å². The van der Waals surface area contributed by atoms with Gasteiger partial charge in [-0.15, -0.1) is 11.3 Å². The second-order valence-corrected chi connectivity index (χ2v) is 7.66. The Morgan fingerprint density at radius 3 is 2.79 bits per heavy atom. The molecule has 2 aromatic rings. The lowest BCUT2D eigenvalue weighted by atomic mass is 10.1. The highest BCUT2D eigenvalue weighted by atomic mass is 32.1. The number of nitrogens with zero attached hydrogens (tertiary/aromatic N) is 2. The zero-order chi connectivity index (χ0) is 20.6. The lowest BCUT2D eigenvalue weighted by Gasteiger charge is -2.07. The first-order chi connectivity index (χ1) is 14.2. The van der Waals surface area contributed by atoms with Gasteiger partial charge in [0.1, 0.15) is 11.1 Å². The van der Waals surface area contributed by atoms with Crippen molar-refractivity contribution < 1.29 is 19.1 Å². The number of aryl methyl sites for hydroxylation is 1. The zero-order valence-electron chi connectivity index (χ0n) is 16.5. The number of fused-ring (bicyclic) bond motifs is 1. The highest BCUT2D eigenvalue weighted by molar-refractivity contribution is 7.16. The minimum Gasteiger partial charge on any atom is -0.493 e. The van der Waals surface area contributed by atoms with Crippen LogP contribution in [0.1, 0.15) is 40.8 Å². The second-order valence-electron chi connectivity index (χ2n) is 6.55. The molecule has 7 nitrogen and oxygen atoms in total. The molecule has 152 valence electrons. The van der Waals surface area contributed by atoms with Crippen LogP contribution in [0.15, 0.2) is 23.4 Å². The fourth-order valence-corrected chi connectivity index (χ4v) is 4.49. The monoisotopic (exact) mass is 413 g/mol. The van der Waals surface area contributed by atoms with Crippen molar-refractivity contribution in [2.24, 2.45) is 5.16 Å². The number of rotatable bonds is 7. The third-order valence-electron chi connectivity index (χ3n) is 4.67. The second kappa shape index (κ2) is 9.94. The molecule has 1 heterocycles. The average Bonchev–Trinajstić information content (AvgIpc) is 2.89. The smallest absolute Gasteiger partial charge is 0.265 e. The SMILES string of the molecule is COc1ccc(/C=N/OCC(=O)Nc2sc3c(c2C#N)CCCCC3)cc1OC. The molecular weight excluding hydrogens is 390 g/mol. The summed E-state index contributed by atoms with van der Waals surface area (Å²) < 4.78 is 10.4. The number of methoxy groups -OCH3 is 2. The molecule has 0 atom stereocenters. The summed E-state index contributed by atoms with van der Waals surface area (Å²) in [5, 5.41) is 16.8. The van der Waals surface area contributed by atoms with Crippen LogP contribution in [0.2, 0.25) is 0 Å². The molecule has 0 unspecified atom stereocenters. The van der Waals surface area contributed by atoms with E-state index >= 15 is 0 Å². The van der Waals surface area contributed by atoms with Gasteiger partial charge in [-0.2, -0.15) is 5.26 Å². The normalized spacial score (nSPS) is 13.3. The molecule has 1 aromatic carbocycles. The van der Waals surface area contributed by atoms with Crippen molar-refractivity contribution in [3.05, 3.63) is 39.8 Å². The number of nitrogens with one attached hydrogen (secondary N) is 1. The predicted octanol–water partition coefficient (Wildman–Crippen LogP) is 3.90. The molecule has 8 heteroatoms. The van der Waals surface area contributed by atoms with E-state index in [9.17, 15) is 10.1 Å². The number of oxime groups is 1. The number of nitriles is 1. The Kier molecular flexibility index (Phi) is 7.09. The van der Waals surface area contributed by atoms with E-state index in [1.165, 1.54) is 28.8 Å². The van der Waals surface area contributed by atoms with Crippen LogP contribution >= 0.6 is 11.3 Å². The fourth-order valence-electron chi connectivity index (χ4n) is 3.24. The van der Waals surface area contributed by atoms with Crippen LogP contribution in [0.5, 0.6) is 11.5 Å². The van der Waals surface area contributed by atoms with Gasteiger partial charge in [0.25, 0.3) is 5.91 Å². The van der Waals surface area contributed by atoms with Crippen LogP contribution in [0.25, 0.3) is 0 Å². The Bertz CT molecular complexity index is 946. The summed E-state index contributed by atoms with van der Waals surface area (Å²) in [5.74, 6) is 0.852. The quantitative estimate of drug-likeness (QED) is 0.422. The number of anilines is 1. The maximum Gasteiger partial charge on any atom is 0.265 e. The summed E-state index contributed by atoms with van der Waals surface area (Å²) in [6.45, 7) is -0.239. The average molecular weight is 413 g/mol. The van der Waals surface area contributed by atoms with E-state index in [0.29, 0.717) is 22.1 Å². The number of hydrogen-bond donors (Lipinski definition) is 1. The van der Waals surface area contributed by atoms with Crippen molar-refractivity contribution in [2.45, 2.75) is 32.1 Å². The Morgan fingerprint density at radius 1 is 1.24 bits per heavy atom. The van der Waals surface area contributed by atoms with E-state index in [2.05, 4.69) is 16.5 Å². The third kappa shape index (κ3) is 5.06. The molecule has 0 aliphatic heterocycles. The first kappa shape index (κ1) is 20.7. The van der Waals surface area contributed by atoms with Gasteiger partial charge >= 0.3 is 0 Å². The molecule has 1 N–H and O–H groups in total. The number of ether oxygens (including phenoxy) is 2. The summed E-state index contributed by atoms with van der Waals surface area (Å²) in [6.07, 6.45) is 6.75. The highest BCUT2D eigenvalue weighted by Gasteiger charge is 2.21. The predicted molar refractivity (Wildman–Crippen MR) is 112 cm³/mol. The fraction of sp³-hybridized carbons (Fsp3) is 0.381. The van der Waals surface area contributed by atoms with Crippen LogP contribution in [-0.2, 0) is 22.5 Å². The number of thiophene rings is 1. The summed E-state index contributed by atoms with van der Waals surface area (Å²) >= 11 is 1.50. The van der Waals surface area contributed by atoms with Gasteiger partial charge in [-0.05, 0) is 49.4 Å². The molecule has 0 fully saturated rings. The van der Waals surface area contributed by atoms with Gasteiger partial charge in [0, 0.05) is 10.4 Å². The van der Waals surface area contributed by atoms with E-state index in [-0.39, 0.29) is 12.5 Å². The van der Waals surface area contributed by atoms with Gasteiger partial charge < -0.3 is 19.6 Å². The van der Waals surface area contributed by atoms with Crippen LogP contribution in [-0.4, -0.2) is 32.9 Å². The largest absolute Gasteiger partial charge is 0.493 e. The molecular formula is C21H23N3O4S. The number of amides is 1. The van der Waals surface area contributed by atoms with Crippen molar-refractivity contribution in [1.29, 1.82) is 5.26 Å². The van der Waals surface area contributed by atoms with Gasteiger partial charge in [-0.3, -0.25) is 4.79 Å². The standard InChI is InChI=1S/C21H23N3O4S/c1-26-17-9-8-14(10-18(17)27-2)12-23-28-13-20(25)24-21-16(11-22)15-6-4-3-5-7-19(15)29-21/h8-10,12H,3-7,13H2,1-2H3,(H,24,25)/b23-12+. The van der Waals surface area contributed by atoms with Crippen LogP contribution in [0, 0.1) is 11.3 Å². The summed E-state index contributed by atoms with van der Waals surface area (Å²) in [7, 11) is 3.12. The first-order valence-electron chi connectivity index (χ1n) is 9.38. The van der Waals surface area contributed by atoms with E-state index in [1.54, 1.807) is 32.4 Å². The molecule has 0 bridgehead atoms. The van der Waals surface area contributed by atoms with Gasteiger partial charge in [-0.25, -0.2) is 0 Å². The van der Waals surface area contributed by atoms with E-state index in [4.69, 9.17) is 14.3 Å². The van der Waals surface area contributed by atoms with Gasteiger partial charge in [0.05, 0.1) is 26.0 Å². The lowest BCUT2D eigenvalue weighted by Crippen LogP contribution is -2.17. The topological polar surface area (TPSA) is 92.9 Å². The molecule has 1 aliphatic carbocycles. The maximum absolute atomic E-state index is 12.2. The van der Waals surface area contributed by atoms with Gasteiger partial charge in [-0.1, -0.05) is 11.6 Å². The van der Waals surface area contributed by atoms with Crippen molar-refractivity contribution in [1.82, 2.24) is 0 Å². The molecule has 0 spiro atoms. The van der Waals surface area contributed by atoms with Crippen LogP contribution < -0.4 is 14.8 Å². The first-order valence-corrected chi connectivity index (χ1v) is 10.2. The van der Waals surface area contributed by atoms with E-state index in [1.807, 2.05) is 0 Å². The van der Waals surface area contributed by atoms with Crippen molar-refractivity contribution in [3.8, 4) is 17.6 Å². The van der Waals surface area contributed by atoms with Crippen molar-refractivity contribution in [2.75, 3.05) is 26.1 Å². The Hall–Kier alpha value is -3.05. The maximum atomic E-state index is 12.2. The minimum absolute atomic E-state index is 0.239. The Balaban J connectivity index is 1.57. The molecule has 1 amide bonds. The highest BCUT2D eigenvalue weighted by Crippen LogP contribution is 2.36. The molecule has 1 aliphatic rings. The van der Waals surface area contributed by atoms with Gasteiger partial charge in [0.15, 0.2) is 18.1 Å².